The number of allylic oxidation sites excluding steroid dienone is 8. The summed E-state index contributed by atoms with van der Waals surface area (Å²) in [5.41, 5.74) is 2.56. The molecule has 0 aromatic heterocycles. The molecule has 3 aliphatic rings. The summed E-state index contributed by atoms with van der Waals surface area (Å²) in [6.07, 6.45) is 22.2. The lowest BCUT2D eigenvalue weighted by molar-refractivity contribution is -0.116. The molecule has 4 nitrogen and oxygen atoms in total. The van der Waals surface area contributed by atoms with Gasteiger partial charge in [0.2, 0.25) is 0 Å². The van der Waals surface area contributed by atoms with Gasteiger partial charge in [-0.05, 0) is 42.7 Å². The van der Waals surface area contributed by atoms with Crippen molar-refractivity contribution in [1.29, 1.82) is 0 Å². The van der Waals surface area contributed by atoms with E-state index in [1.807, 2.05) is 42.7 Å². The third-order valence-electron chi connectivity index (χ3n) is 4.73. The van der Waals surface area contributed by atoms with E-state index in [-0.39, 0.29) is 17.7 Å². The number of rotatable bonds is 5. The van der Waals surface area contributed by atoms with Gasteiger partial charge in [-0.15, -0.1) is 6.58 Å². The number of hydrazine groups is 1. The molecule has 2 atom stereocenters. The predicted octanol–water partition coefficient (Wildman–Crippen LogP) is 3.07. The van der Waals surface area contributed by atoms with E-state index in [9.17, 15) is 4.79 Å². The van der Waals surface area contributed by atoms with E-state index in [1.165, 1.54) is 0 Å². The lowest BCUT2D eigenvalue weighted by Crippen LogP contribution is -2.41. The fourth-order valence-electron chi connectivity index (χ4n) is 3.22. The number of nitrogens with two attached hydrogens (primary N) is 1. The van der Waals surface area contributed by atoms with Crippen molar-refractivity contribution in [1.82, 2.24) is 10.3 Å². The van der Waals surface area contributed by atoms with Crippen LogP contribution in [0.25, 0.3) is 0 Å². The van der Waals surface area contributed by atoms with E-state index in [1.54, 1.807) is 5.01 Å². The fourth-order valence-corrected chi connectivity index (χ4v) is 3.22. The molecule has 130 valence electrons. The van der Waals surface area contributed by atoms with Gasteiger partial charge in [0.25, 0.3) is 0 Å². The van der Waals surface area contributed by atoms with Gasteiger partial charge in [0.05, 0.1) is 11.7 Å². The van der Waals surface area contributed by atoms with Gasteiger partial charge in [-0.2, -0.15) is 0 Å². The fraction of sp³-hybridized carbons (Fsp3) is 0.286. The van der Waals surface area contributed by atoms with E-state index in [0.29, 0.717) is 6.42 Å². The van der Waals surface area contributed by atoms with Crippen LogP contribution in [0, 0.1) is 5.92 Å². The standard InChI is InChI=1S/C21H25N3O/c1-2-16-8-9-19(21(25)15-16)20(14-17-10-12-23-13-11-17)24(22)18-6-4-3-5-7-18/h2-6,9-12,14,16,18,23H,1,7-8,13,15,22H2/b20-14-. The van der Waals surface area contributed by atoms with Crippen LogP contribution >= 0.6 is 0 Å². The minimum absolute atomic E-state index is 0.0494. The number of dihydropyridines is 1. The topological polar surface area (TPSA) is 58.4 Å². The number of carbonyl (C=O) groups excluding carboxylic acids is 1. The molecule has 0 radical (unpaired) electrons. The Morgan fingerprint density at radius 3 is 2.84 bits per heavy atom. The second-order valence-electron chi connectivity index (χ2n) is 6.48. The van der Waals surface area contributed by atoms with E-state index < -0.39 is 0 Å². The van der Waals surface area contributed by atoms with Gasteiger partial charge in [-0.3, -0.25) is 4.79 Å². The third kappa shape index (κ3) is 4.09. The van der Waals surface area contributed by atoms with Gasteiger partial charge in [0.1, 0.15) is 0 Å². The molecule has 25 heavy (non-hydrogen) atoms. The first-order chi connectivity index (χ1) is 12.2. The first-order valence-electron chi connectivity index (χ1n) is 8.74. The van der Waals surface area contributed by atoms with Crippen molar-refractivity contribution in [3.05, 3.63) is 84.3 Å². The Hall–Kier alpha value is -2.59. The average Bonchev–Trinajstić information content (AvgIpc) is 2.67. The number of hydrogen-bond acceptors (Lipinski definition) is 4. The van der Waals surface area contributed by atoms with Crippen molar-refractivity contribution < 1.29 is 4.79 Å². The highest BCUT2D eigenvalue weighted by Crippen LogP contribution is 2.29. The Balaban J connectivity index is 1.94. The number of carbonyl (C=O) groups is 1. The van der Waals surface area contributed by atoms with Crippen LogP contribution in [0.15, 0.2) is 84.3 Å². The van der Waals surface area contributed by atoms with Crippen LogP contribution < -0.4 is 11.2 Å². The number of ketones is 1. The monoisotopic (exact) mass is 335 g/mol. The van der Waals surface area contributed by atoms with E-state index in [0.717, 1.165) is 36.2 Å². The minimum Gasteiger partial charge on any atom is -0.387 e. The van der Waals surface area contributed by atoms with Gasteiger partial charge < -0.3 is 10.3 Å². The molecule has 0 amide bonds. The van der Waals surface area contributed by atoms with Crippen molar-refractivity contribution in [2.45, 2.75) is 25.3 Å². The maximum Gasteiger partial charge on any atom is 0.165 e. The summed E-state index contributed by atoms with van der Waals surface area (Å²) in [7, 11) is 0. The zero-order valence-electron chi connectivity index (χ0n) is 14.4. The van der Waals surface area contributed by atoms with Crippen molar-refractivity contribution in [2.24, 2.45) is 11.8 Å². The Morgan fingerprint density at radius 1 is 1.32 bits per heavy atom. The predicted molar refractivity (Wildman–Crippen MR) is 102 cm³/mol. The second kappa shape index (κ2) is 7.99. The van der Waals surface area contributed by atoms with Crippen LogP contribution in [-0.2, 0) is 4.79 Å². The maximum absolute atomic E-state index is 12.7. The lowest BCUT2D eigenvalue weighted by atomic mass is 9.86. The smallest absolute Gasteiger partial charge is 0.165 e. The molecule has 0 saturated carbocycles. The zero-order chi connectivity index (χ0) is 17.6. The van der Waals surface area contributed by atoms with Crippen molar-refractivity contribution in [3.63, 3.8) is 0 Å². The number of hydrogen-bond donors (Lipinski definition) is 2. The highest BCUT2D eigenvalue weighted by atomic mass is 16.1. The summed E-state index contributed by atoms with van der Waals surface area (Å²) in [6, 6.07) is 0.0494. The SMILES string of the molecule is C=CC1CC=C(/C(=C/C2=CCNC=C2)N(N)C2C=CC=CC2)C(=O)C1. The molecule has 0 saturated heterocycles. The van der Waals surface area contributed by atoms with Crippen LogP contribution in [0.5, 0.6) is 0 Å². The number of nitrogens with zero attached hydrogens (tertiary/aromatic N) is 1. The lowest BCUT2D eigenvalue weighted by Gasteiger charge is -2.32. The zero-order valence-corrected chi connectivity index (χ0v) is 14.4. The Kier molecular flexibility index (Phi) is 5.51. The average molecular weight is 335 g/mol. The maximum atomic E-state index is 12.7. The summed E-state index contributed by atoms with van der Waals surface area (Å²) in [6.45, 7) is 4.59. The van der Waals surface area contributed by atoms with Crippen molar-refractivity contribution in [2.75, 3.05) is 6.54 Å². The summed E-state index contributed by atoms with van der Waals surface area (Å²) < 4.78 is 0. The molecule has 1 aliphatic heterocycles. The Bertz CT molecular complexity index is 721. The minimum atomic E-state index is 0.0494. The Labute approximate surface area is 149 Å². The van der Waals surface area contributed by atoms with E-state index >= 15 is 0 Å². The van der Waals surface area contributed by atoms with E-state index in [2.05, 4.69) is 30.1 Å². The molecule has 0 spiro atoms. The Morgan fingerprint density at radius 2 is 2.20 bits per heavy atom. The van der Waals surface area contributed by atoms with Crippen LogP contribution in [0.3, 0.4) is 0 Å². The summed E-state index contributed by atoms with van der Waals surface area (Å²) in [5, 5.41) is 4.87. The largest absolute Gasteiger partial charge is 0.387 e. The first kappa shape index (κ1) is 17.2. The van der Waals surface area contributed by atoms with E-state index in [4.69, 9.17) is 5.84 Å². The molecule has 0 aromatic rings. The molecule has 2 aliphatic carbocycles. The second-order valence-corrected chi connectivity index (χ2v) is 6.48. The molecule has 3 N–H and O–H groups in total. The highest BCUT2D eigenvalue weighted by Gasteiger charge is 2.27. The van der Waals surface area contributed by atoms with Gasteiger partial charge >= 0.3 is 0 Å². The molecule has 0 aromatic carbocycles. The molecule has 3 rings (SSSR count). The number of Topliss-reactive ketones (excluding diaryl/α,β-unsaturated/α-hetero) is 1. The van der Waals surface area contributed by atoms with Crippen LogP contribution in [0.2, 0.25) is 0 Å². The summed E-state index contributed by atoms with van der Waals surface area (Å²) >= 11 is 0. The molecule has 1 heterocycles. The van der Waals surface area contributed by atoms with Gasteiger partial charge in [-0.1, -0.05) is 42.5 Å². The third-order valence-corrected chi connectivity index (χ3v) is 4.73. The number of nitrogens with one attached hydrogen (secondary N) is 1. The molecule has 0 fully saturated rings. The van der Waals surface area contributed by atoms with Gasteiger partial charge in [0, 0.05) is 18.5 Å². The van der Waals surface area contributed by atoms with Crippen LogP contribution in [0.4, 0.5) is 0 Å². The first-order valence-corrected chi connectivity index (χ1v) is 8.74. The van der Waals surface area contributed by atoms with Crippen LogP contribution in [0.1, 0.15) is 19.3 Å². The summed E-state index contributed by atoms with van der Waals surface area (Å²) in [5.74, 6) is 6.82. The van der Waals surface area contributed by atoms with Gasteiger partial charge in [0.15, 0.2) is 5.78 Å². The normalized spacial score (nSPS) is 26.0. The van der Waals surface area contributed by atoms with Crippen LogP contribution in [-0.4, -0.2) is 23.4 Å². The van der Waals surface area contributed by atoms with Crippen molar-refractivity contribution >= 4 is 5.78 Å². The molecule has 4 heteroatoms. The molecule has 2 unspecified atom stereocenters. The highest BCUT2D eigenvalue weighted by molar-refractivity contribution is 6.00. The molecular weight excluding hydrogens is 310 g/mol. The van der Waals surface area contributed by atoms with Gasteiger partial charge in [-0.25, -0.2) is 5.84 Å². The molecular formula is C21H25N3O. The molecule has 0 bridgehead atoms. The quantitative estimate of drug-likeness (QED) is 0.460. The van der Waals surface area contributed by atoms with Crippen molar-refractivity contribution in [3.8, 4) is 0 Å². The summed E-state index contributed by atoms with van der Waals surface area (Å²) in [4.78, 5) is 12.7.